The smallest absolute Gasteiger partial charge is 0.175 e. The number of hydrogen-bond acceptors (Lipinski definition) is 2. The van der Waals surface area contributed by atoms with Gasteiger partial charge in [0.25, 0.3) is 0 Å². The fourth-order valence-electron chi connectivity index (χ4n) is 2.81. The van der Waals surface area contributed by atoms with Crippen molar-refractivity contribution in [3.8, 4) is 0 Å². The average molecular weight is 454 g/mol. The number of anilines is 2. The van der Waals surface area contributed by atoms with Gasteiger partial charge in [-0.1, -0.05) is 46.9 Å². The Bertz CT molecular complexity index is 1030. The summed E-state index contributed by atoms with van der Waals surface area (Å²) in [4.78, 5) is 0. The van der Waals surface area contributed by atoms with Gasteiger partial charge >= 0.3 is 0 Å². The summed E-state index contributed by atoms with van der Waals surface area (Å²) in [5.41, 5.74) is 5.26. The molecule has 3 rings (SSSR count). The Morgan fingerprint density at radius 3 is 2.32 bits per heavy atom. The molecule has 28 heavy (non-hydrogen) atoms. The third-order valence-corrected chi connectivity index (χ3v) is 5.74. The Labute approximate surface area is 184 Å². The highest BCUT2D eigenvalue weighted by Gasteiger charge is 2.15. The van der Waals surface area contributed by atoms with E-state index in [1.165, 1.54) is 0 Å². The lowest BCUT2D eigenvalue weighted by Gasteiger charge is -2.12. The highest BCUT2D eigenvalue weighted by molar-refractivity contribution is 7.80. The summed E-state index contributed by atoms with van der Waals surface area (Å²) in [7, 11) is 0. The number of nitrogens with one attached hydrogen (secondary N) is 2. The number of rotatable bonds is 4. The molecule has 0 unspecified atom stereocenters. The van der Waals surface area contributed by atoms with Crippen molar-refractivity contribution in [2.24, 2.45) is 0 Å². The van der Waals surface area contributed by atoms with Crippen LogP contribution in [0.2, 0.25) is 15.1 Å². The average Bonchev–Trinajstić information content (AvgIpc) is 2.89. The number of halogens is 3. The number of benzene rings is 2. The number of hydrogen-bond donors (Lipinski definition) is 2. The molecule has 146 valence electrons. The minimum Gasteiger partial charge on any atom is -0.332 e. The predicted octanol–water partition coefficient (Wildman–Crippen LogP) is 6.63. The first-order chi connectivity index (χ1) is 13.3. The van der Waals surface area contributed by atoms with E-state index in [9.17, 15) is 0 Å². The molecular formula is C20H19Cl3N4S. The Morgan fingerprint density at radius 1 is 1.00 bits per heavy atom. The van der Waals surface area contributed by atoms with E-state index in [1.54, 1.807) is 0 Å². The summed E-state index contributed by atoms with van der Waals surface area (Å²) in [5.74, 6) is 0. The second-order valence-corrected chi connectivity index (χ2v) is 8.08. The molecule has 0 saturated heterocycles. The molecule has 2 aromatic carbocycles. The predicted molar refractivity (Wildman–Crippen MR) is 123 cm³/mol. The summed E-state index contributed by atoms with van der Waals surface area (Å²) in [6.07, 6.45) is 0. The van der Waals surface area contributed by atoms with Crippen LogP contribution in [0, 0.1) is 20.8 Å². The number of aryl methyl sites for hydroxylation is 2. The second kappa shape index (κ2) is 8.70. The minimum atomic E-state index is 0.460. The van der Waals surface area contributed by atoms with E-state index < -0.39 is 0 Å². The Morgan fingerprint density at radius 2 is 1.68 bits per heavy atom. The molecule has 2 N–H and O–H groups in total. The van der Waals surface area contributed by atoms with Crippen LogP contribution in [-0.2, 0) is 6.54 Å². The molecule has 0 aliphatic carbocycles. The molecule has 0 fully saturated rings. The molecule has 0 saturated carbocycles. The molecule has 1 aromatic heterocycles. The van der Waals surface area contributed by atoms with Gasteiger partial charge in [0.05, 0.1) is 23.6 Å². The number of thiocarbonyl (C=S) groups is 1. The molecule has 0 radical (unpaired) electrons. The molecule has 1 heterocycles. The lowest BCUT2D eigenvalue weighted by atomic mass is 10.2. The van der Waals surface area contributed by atoms with Gasteiger partial charge in [0.15, 0.2) is 5.11 Å². The maximum atomic E-state index is 6.29. The van der Waals surface area contributed by atoms with Crippen molar-refractivity contribution in [2.75, 3.05) is 10.6 Å². The lowest BCUT2D eigenvalue weighted by Crippen LogP contribution is -2.20. The van der Waals surface area contributed by atoms with Crippen molar-refractivity contribution in [3.63, 3.8) is 0 Å². The van der Waals surface area contributed by atoms with Crippen LogP contribution < -0.4 is 10.6 Å². The van der Waals surface area contributed by atoms with Gasteiger partial charge in [0.2, 0.25) is 0 Å². The van der Waals surface area contributed by atoms with E-state index >= 15 is 0 Å². The van der Waals surface area contributed by atoms with Gasteiger partial charge in [-0.05, 0) is 62.8 Å². The van der Waals surface area contributed by atoms with Gasteiger partial charge < -0.3 is 10.6 Å². The van der Waals surface area contributed by atoms with E-state index in [0.717, 1.165) is 33.9 Å². The fourth-order valence-corrected chi connectivity index (χ4v) is 3.73. The van der Waals surface area contributed by atoms with Crippen LogP contribution in [0.4, 0.5) is 11.4 Å². The Hall–Kier alpha value is -1.79. The third kappa shape index (κ3) is 4.61. The van der Waals surface area contributed by atoms with Crippen molar-refractivity contribution >= 4 is 63.5 Å². The van der Waals surface area contributed by atoms with E-state index in [4.69, 9.17) is 47.0 Å². The third-order valence-electron chi connectivity index (χ3n) is 4.42. The molecule has 0 amide bonds. The Balaban J connectivity index is 1.78. The highest BCUT2D eigenvalue weighted by atomic mass is 35.5. The fraction of sp³-hybridized carbons (Fsp3) is 0.200. The molecule has 0 aliphatic heterocycles. The maximum Gasteiger partial charge on any atom is 0.175 e. The molecule has 4 nitrogen and oxygen atoms in total. The van der Waals surface area contributed by atoms with Gasteiger partial charge in [-0.25, -0.2) is 0 Å². The molecular weight excluding hydrogens is 435 g/mol. The van der Waals surface area contributed by atoms with Gasteiger partial charge in [-0.15, -0.1) is 0 Å². The summed E-state index contributed by atoms with van der Waals surface area (Å²) in [6.45, 7) is 6.32. The van der Waals surface area contributed by atoms with E-state index in [2.05, 4.69) is 15.7 Å². The Kier molecular flexibility index (Phi) is 6.50. The summed E-state index contributed by atoms with van der Waals surface area (Å²) < 4.78 is 1.86. The van der Waals surface area contributed by atoms with Crippen LogP contribution >= 0.6 is 47.0 Å². The summed E-state index contributed by atoms with van der Waals surface area (Å²) >= 11 is 24.2. The zero-order valence-electron chi connectivity index (χ0n) is 15.6. The molecule has 8 heteroatoms. The standard InChI is InChI=1S/C20H19Cl3N4S/c1-11-7-8-14(9-18(11)23)24-20(28)25-19-12(2)26-27(13(19)3)10-15-16(21)5-4-6-17(15)22/h4-9H,10H2,1-3H3,(H2,24,25,28). The van der Waals surface area contributed by atoms with Gasteiger partial charge in [-0.2, -0.15) is 5.10 Å². The number of aromatic nitrogens is 2. The first kappa shape index (κ1) is 20.9. The summed E-state index contributed by atoms with van der Waals surface area (Å²) in [6, 6.07) is 11.2. The van der Waals surface area contributed by atoms with E-state index in [-0.39, 0.29) is 0 Å². The van der Waals surface area contributed by atoms with Crippen LogP contribution in [0.5, 0.6) is 0 Å². The highest BCUT2D eigenvalue weighted by Crippen LogP contribution is 2.28. The molecule has 0 aliphatic rings. The monoisotopic (exact) mass is 452 g/mol. The molecule has 0 atom stereocenters. The maximum absolute atomic E-state index is 6.29. The molecule has 0 bridgehead atoms. The van der Waals surface area contributed by atoms with Crippen molar-refractivity contribution in [2.45, 2.75) is 27.3 Å². The van der Waals surface area contributed by atoms with Crippen LogP contribution in [0.3, 0.4) is 0 Å². The van der Waals surface area contributed by atoms with Gasteiger partial charge in [0.1, 0.15) is 0 Å². The topological polar surface area (TPSA) is 41.9 Å². The zero-order chi connectivity index (χ0) is 20.4. The van der Waals surface area contributed by atoms with Crippen molar-refractivity contribution < 1.29 is 0 Å². The van der Waals surface area contributed by atoms with E-state index in [1.807, 2.05) is 61.9 Å². The van der Waals surface area contributed by atoms with Crippen LogP contribution in [-0.4, -0.2) is 14.9 Å². The minimum absolute atomic E-state index is 0.460. The zero-order valence-corrected chi connectivity index (χ0v) is 18.7. The lowest BCUT2D eigenvalue weighted by molar-refractivity contribution is 0.659. The molecule has 3 aromatic rings. The van der Waals surface area contributed by atoms with Crippen molar-refractivity contribution in [1.29, 1.82) is 0 Å². The summed E-state index contributed by atoms with van der Waals surface area (Å²) in [5, 5.41) is 13.3. The van der Waals surface area contributed by atoms with E-state index in [0.29, 0.717) is 26.7 Å². The molecule has 0 spiro atoms. The van der Waals surface area contributed by atoms with Gasteiger partial charge in [0, 0.05) is 26.3 Å². The van der Waals surface area contributed by atoms with Crippen molar-refractivity contribution in [1.82, 2.24) is 9.78 Å². The van der Waals surface area contributed by atoms with Crippen LogP contribution in [0.15, 0.2) is 36.4 Å². The first-order valence-corrected chi connectivity index (χ1v) is 10.1. The first-order valence-electron chi connectivity index (χ1n) is 8.57. The number of nitrogens with zero attached hydrogens (tertiary/aromatic N) is 2. The van der Waals surface area contributed by atoms with Crippen LogP contribution in [0.1, 0.15) is 22.5 Å². The quantitative estimate of drug-likeness (QED) is 0.435. The SMILES string of the molecule is Cc1ccc(NC(=S)Nc2c(C)nn(Cc3c(Cl)cccc3Cl)c2C)cc1Cl. The van der Waals surface area contributed by atoms with Gasteiger partial charge in [-0.3, -0.25) is 4.68 Å². The van der Waals surface area contributed by atoms with Crippen molar-refractivity contribution in [3.05, 3.63) is 74.0 Å². The van der Waals surface area contributed by atoms with Crippen LogP contribution in [0.25, 0.3) is 0 Å². The largest absolute Gasteiger partial charge is 0.332 e. The normalized spacial score (nSPS) is 10.8. The second-order valence-electron chi connectivity index (χ2n) is 6.45.